The minimum Gasteiger partial charge on any atom is -0.203 e. The second kappa shape index (κ2) is 4.89. The Kier molecular flexibility index (Phi) is 4.20. The maximum atomic E-state index is 13.2. The molecular weight excluding hydrogens is 290 g/mol. The van der Waals surface area contributed by atoms with Crippen molar-refractivity contribution < 1.29 is 22.0 Å². The van der Waals surface area contributed by atoms with E-state index >= 15 is 0 Å². The zero-order chi connectivity index (χ0) is 12.6. The summed E-state index contributed by atoms with van der Waals surface area (Å²) < 4.78 is 64.7. The van der Waals surface area contributed by atoms with Gasteiger partial charge in [-0.05, 0) is 0 Å². The summed E-state index contributed by atoms with van der Waals surface area (Å²) in [6.07, 6.45) is 0. The van der Waals surface area contributed by atoms with Crippen LogP contribution in [0.2, 0.25) is 0 Å². The van der Waals surface area contributed by atoms with Crippen molar-refractivity contribution >= 4 is 29.6 Å². The van der Waals surface area contributed by atoms with Crippen molar-refractivity contribution in [2.75, 3.05) is 0 Å². The van der Waals surface area contributed by atoms with Crippen LogP contribution in [-0.2, 0) is 0 Å². The van der Waals surface area contributed by atoms with E-state index in [1.54, 1.807) is 0 Å². The van der Waals surface area contributed by atoms with Crippen LogP contribution in [0.15, 0.2) is 0 Å². The number of halogens is 7. The highest BCUT2D eigenvalue weighted by molar-refractivity contribution is 7.34. The first-order chi connectivity index (χ1) is 7.29. The van der Waals surface area contributed by atoms with Crippen LogP contribution in [0.25, 0.3) is 0 Å². The van der Waals surface area contributed by atoms with Crippen LogP contribution in [0.4, 0.5) is 22.0 Å². The molecule has 1 aromatic carbocycles. The summed E-state index contributed by atoms with van der Waals surface area (Å²) in [5.41, 5.74) is -2.02. The molecule has 1 rings (SSSR count). The van der Waals surface area contributed by atoms with Crippen LogP contribution >= 0.6 is 22.2 Å². The first-order valence-corrected chi connectivity index (χ1v) is 8.24. The maximum Gasteiger partial charge on any atom is 0.244 e. The lowest BCUT2D eigenvalue weighted by Gasteiger charge is -2.14. The standard InChI is InChI=1S/C8H5Cl2F5Si/c1-2(16(9)10)3-4(11)6(13)8(15)7(14)5(3)12/h2,16H,1H3. The molecule has 0 nitrogen and oxygen atoms in total. The van der Waals surface area contributed by atoms with E-state index in [1.165, 1.54) is 6.92 Å². The van der Waals surface area contributed by atoms with Crippen molar-refractivity contribution in [3.63, 3.8) is 0 Å². The van der Waals surface area contributed by atoms with Gasteiger partial charge in [0.25, 0.3) is 0 Å². The normalized spacial score (nSPS) is 13.3. The van der Waals surface area contributed by atoms with Crippen LogP contribution in [0.1, 0.15) is 18.0 Å². The minimum atomic E-state index is -2.60. The summed E-state index contributed by atoms with van der Waals surface area (Å²) >= 11 is 11.0. The van der Waals surface area contributed by atoms with Gasteiger partial charge in [-0.15, -0.1) is 22.2 Å². The zero-order valence-corrected chi connectivity index (χ0v) is 10.5. The van der Waals surface area contributed by atoms with Crippen LogP contribution in [0.3, 0.4) is 0 Å². The van der Waals surface area contributed by atoms with Crippen LogP contribution in [0, 0.1) is 29.1 Å². The third-order valence-electron chi connectivity index (χ3n) is 2.08. The quantitative estimate of drug-likeness (QED) is 0.256. The van der Waals surface area contributed by atoms with Gasteiger partial charge >= 0.3 is 0 Å². The second-order valence-electron chi connectivity index (χ2n) is 3.11. The van der Waals surface area contributed by atoms with E-state index in [1.807, 2.05) is 0 Å². The van der Waals surface area contributed by atoms with Crippen LogP contribution in [0.5, 0.6) is 0 Å². The zero-order valence-electron chi connectivity index (χ0n) is 7.80. The molecule has 0 aromatic heterocycles. The lowest BCUT2D eigenvalue weighted by Crippen LogP contribution is -2.16. The molecule has 0 N–H and O–H groups in total. The maximum absolute atomic E-state index is 13.2. The molecule has 16 heavy (non-hydrogen) atoms. The predicted octanol–water partition coefficient (Wildman–Crippen LogP) is 3.72. The summed E-state index contributed by atoms with van der Waals surface area (Å²) in [6.45, 7) is 1.22. The Hall–Kier alpha value is -0.333. The molecular formula is C8H5Cl2F5Si. The molecule has 1 unspecified atom stereocenters. The second-order valence-corrected chi connectivity index (χ2v) is 8.27. The Bertz CT molecular complexity index is 394. The van der Waals surface area contributed by atoms with Crippen molar-refractivity contribution in [2.45, 2.75) is 12.5 Å². The molecule has 0 radical (unpaired) electrons. The number of hydrogen-bond acceptors (Lipinski definition) is 0. The molecule has 0 aliphatic carbocycles. The Balaban J connectivity index is 3.51. The molecule has 8 heteroatoms. The van der Waals surface area contributed by atoms with E-state index in [0.717, 1.165) is 0 Å². The van der Waals surface area contributed by atoms with E-state index in [0.29, 0.717) is 0 Å². The predicted molar refractivity (Wildman–Crippen MR) is 53.5 cm³/mol. The average molecular weight is 295 g/mol. The van der Waals surface area contributed by atoms with Crippen LogP contribution < -0.4 is 0 Å². The molecule has 0 saturated heterocycles. The van der Waals surface area contributed by atoms with Crippen LogP contribution in [-0.4, -0.2) is 7.42 Å². The lowest BCUT2D eigenvalue weighted by molar-refractivity contribution is 0.370. The molecule has 0 heterocycles. The molecule has 1 aromatic rings. The summed E-state index contributed by atoms with van der Waals surface area (Å²) in [5, 5.41) is 0. The summed E-state index contributed by atoms with van der Waals surface area (Å²) in [4.78, 5) is 0. The van der Waals surface area contributed by atoms with Gasteiger partial charge < -0.3 is 0 Å². The number of hydrogen-bond donors (Lipinski definition) is 0. The third-order valence-corrected chi connectivity index (χ3v) is 5.43. The van der Waals surface area contributed by atoms with Gasteiger partial charge in [0.2, 0.25) is 13.2 Å². The molecule has 0 amide bonds. The molecule has 0 saturated carbocycles. The summed E-state index contributed by atoms with van der Waals surface area (Å²) in [6, 6.07) is 0. The van der Waals surface area contributed by atoms with Crippen molar-refractivity contribution in [2.24, 2.45) is 0 Å². The van der Waals surface area contributed by atoms with E-state index in [-0.39, 0.29) is 0 Å². The highest BCUT2D eigenvalue weighted by atomic mass is 35.7. The molecule has 0 aliphatic heterocycles. The van der Waals surface area contributed by atoms with Gasteiger partial charge in [0.05, 0.1) is 0 Å². The monoisotopic (exact) mass is 294 g/mol. The fraction of sp³-hybridized carbons (Fsp3) is 0.250. The molecule has 90 valence electrons. The Morgan fingerprint density at radius 2 is 1.12 bits per heavy atom. The minimum absolute atomic E-state index is 0.946. The molecule has 0 bridgehead atoms. The van der Waals surface area contributed by atoms with Gasteiger partial charge in [-0.3, -0.25) is 0 Å². The Morgan fingerprint density at radius 3 is 1.44 bits per heavy atom. The Labute approximate surface area is 99.0 Å². The van der Waals surface area contributed by atoms with Gasteiger partial charge in [-0.1, -0.05) is 6.92 Å². The highest BCUT2D eigenvalue weighted by Crippen LogP contribution is 2.31. The summed E-state index contributed by atoms with van der Waals surface area (Å²) in [7, 11) is -2.60. The van der Waals surface area contributed by atoms with E-state index in [9.17, 15) is 22.0 Å². The van der Waals surface area contributed by atoms with Crippen molar-refractivity contribution in [3.05, 3.63) is 34.6 Å². The molecule has 0 spiro atoms. The SMILES string of the molecule is CC(c1c(F)c(F)c(F)c(F)c1F)[SiH](Cl)Cl. The summed E-state index contributed by atoms with van der Waals surface area (Å²) in [5.74, 6) is -9.90. The van der Waals surface area contributed by atoms with Crippen molar-refractivity contribution in [1.29, 1.82) is 0 Å². The Morgan fingerprint density at radius 1 is 0.812 bits per heavy atom. The third kappa shape index (κ3) is 2.19. The number of benzene rings is 1. The van der Waals surface area contributed by atoms with Gasteiger partial charge in [0, 0.05) is 11.1 Å². The first-order valence-electron chi connectivity index (χ1n) is 4.08. The largest absolute Gasteiger partial charge is 0.244 e. The molecule has 0 aliphatic rings. The lowest BCUT2D eigenvalue weighted by atomic mass is 10.1. The molecule has 0 fully saturated rings. The van der Waals surface area contributed by atoms with Gasteiger partial charge in [-0.2, -0.15) is 0 Å². The molecule has 1 atom stereocenters. The van der Waals surface area contributed by atoms with Crippen molar-refractivity contribution in [3.8, 4) is 0 Å². The first kappa shape index (κ1) is 13.7. The van der Waals surface area contributed by atoms with Gasteiger partial charge in [0.1, 0.15) is 0 Å². The highest BCUT2D eigenvalue weighted by Gasteiger charge is 2.31. The van der Waals surface area contributed by atoms with E-state index < -0.39 is 47.6 Å². The smallest absolute Gasteiger partial charge is 0.203 e. The average Bonchev–Trinajstić information content (AvgIpc) is 2.23. The number of rotatable bonds is 2. The van der Waals surface area contributed by atoms with Gasteiger partial charge in [-0.25, -0.2) is 22.0 Å². The van der Waals surface area contributed by atoms with Crippen molar-refractivity contribution in [1.82, 2.24) is 0 Å². The fourth-order valence-corrected chi connectivity index (χ4v) is 2.45. The topological polar surface area (TPSA) is 0 Å². The van der Waals surface area contributed by atoms with Gasteiger partial charge in [0.15, 0.2) is 23.3 Å². The fourth-order valence-electron chi connectivity index (χ4n) is 1.15. The van der Waals surface area contributed by atoms with E-state index in [4.69, 9.17) is 22.2 Å². The van der Waals surface area contributed by atoms with E-state index in [2.05, 4.69) is 0 Å².